The molecule has 0 unspecified atom stereocenters. The smallest absolute Gasteiger partial charge is 0.251 e. The highest BCUT2D eigenvalue weighted by molar-refractivity contribution is 5.94. The van der Waals surface area contributed by atoms with Crippen LogP contribution in [0, 0.1) is 0 Å². The van der Waals surface area contributed by atoms with Gasteiger partial charge < -0.3 is 5.32 Å². The van der Waals surface area contributed by atoms with E-state index in [1.54, 1.807) is 0 Å². The minimum absolute atomic E-state index is 0.0201. The van der Waals surface area contributed by atoms with Crippen LogP contribution >= 0.6 is 0 Å². The number of fused-ring (bicyclic) bond motifs is 1. The maximum atomic E-state index is 12.3. The number of unbranched alkanes of at least 4 members (excludes halogenated alkanes) is 2. The molecule has 0 radical (unpaired) electrons. The van der Waals surface area contributed by atoms with Crippen molar-refractivity contribution < 1.29 is 4.79 Å². The van der Waals surface area contributed by atoms with Gasteiger partial charge in [0.05, 0.1) is 0 Å². The molecule has 0 saturated heterocycles. The van der Waals surface area contributed by atoms with Gasteiger partial charge in [0.25, 0.3) is 5.91 Å². The Morgan fingerprint density at radius 1 is 0.840 bits per heavy atom. The average molecular weight is 331 g/mol. The van der Waals surface area contributed by atoms with Crippen molar-refractivity contribution in [3.8, 4) is 0 Å². The van der Waals surface area contributed by atoms with Crippen molar-refractivity contribution in [2.75, 3.05) is 0 Å². The van der Waals surface area contributed by atoms with Gasteiger partial charge in [0.15, 0.2) is 0 Å². The van der Waals surface area contributed by atoms with Crippen LogP contribution in [0.1, 0.15) is 47.7 Å². The highest BCUT2D eigenvalue weighted by Gasteiger charge is 2.05. The number of rotatable bonds is 7. The Hall–Kier alpha value is -2.61. The SMILES string of the molecule is CCCCCc1ccc(C(=O)NCc2ccc3ccccc3c2)cc1. The largest absolute Gasteiger partial charge is 0.348 e. The van der Waals surface area contributed by atoms with Crippen molar-refractivity contribution in [3.63, 3.8) is 0 Å². The second-order valence-corrected chi connectivity index (χ2v) is 6.52. The zero-order valence-electron chi connectivity index (χ0n) is 14.8. The van der Waals surface area contributed by atoms with E-state index in [1.165, 1.54) is 35.6 Å². The molecule has 2 nitrogen and oxygen atoms in total. The molecule has 25 heavy (non-hydrogen) atoms. The van der Waals surface area contributed by atoms with Gasteiger partial charge in [-0.2, -0.15) is 0 Å². The fourth-order valence-electron chi connectivity index (χ4n) is 3.04. The minimum Gasteiger partial charge on any atom is -0.348 e. The second-order valence-electron chi connectivity index (χ2n) is 6.52. The van der Waals surface area contributed by atoms with Crippen molar-refractivity contribution in [3.05, 3.63) is 83.4 Å². The molecule has 0 aliphatic carbocycles. The van der Waals surface area contributed by atoms with Gasteiger partial charge in [-0.15, -0.1) is 0 Å². The molecule has 0 aliphatic rings. The summed E-state index contributed by atoms with van der Waals surface area (Å²) in [5, 5.41) is 5.43. The first-order valence-corrected chi connectivity index (χ1v) is 9.11. The predicted molar refractivity (Wildman–Crippen MR) is 105 cm³/mol. The Kier molecular flexibility index (Phi) is 5.84. The molecular formula is C23H25NO. The Bertz CT molecular complexity index is 836. The predicted octanol–water partition coefficient (Wildman–Crippen LogP) is 5.50. The average Bonchev–Trinajstić information content (AvgIpc) is 2.66. The van der Waals surface area contributed by atoms with E-state index in [0.717, 1.165) is 17.5 Å². The van der Waals surface area contributed by atoms with Crippen LogP contribution in [0.25, 0.3) is 10.8 Å². The molecular weight excluding hydrogens is 306 g/mol. The van der Waals surface area contributed by atoms with Gasteiger partial charge in [0.1, 0.15) is 0 Å². The summed E-state index contributed by atoms with van der Waals surface area (Å²) in [6.07, 6.45) is 4.79. The molecule has 3 aromatic carbocycles. The number of aryl methyl sites for hydroxylation is 1. The first kappa shape index (κ1) is 17.2. The minimum atomic E-state index is -0.0201. The first-order chi connectivity index (χ1) is 12.3. The fourth-order valence-corrected chi connectivity index (χ4v) is 3.04. The summed E-state index contributed by atoms with van der Waals surface area (Å²) in [4.78, 5) is 12.3. The van der Waals surface area contributed by atoms with E-state index in [1.807, 2.05) is 24.3 Å². The van der Waals surface area contributed by atoms with Crippen molar-refractivity contribution >= 4 is 16.7 Å². The number of hydrogen-bond acceptors (Lipinski definition) is 1. The Morgan fingerprint density at radius 2 is 1.56 bits per heavy atom. The number of carbonyl (C=O) groups is 1. The molecule has 0 spiro atoms. The van der Waals surface area contributed by atoms with Crippen molar-refractivity contribution in [1.82, 2.24) is 5.32 Å². The molecule has 1 amide bonds. The Labute approximate surface area is 149 Å². The lowest BCUT2D eigenvalue weighted by molar-refractivity contribution is 0.0951. The van der Waals surface area contributed by atoms with E-state index in [4.69, 9.17) is 0 Å². The van der Waals surface area contributed by atoms with E-state index < -0.39 is 0 Å². The lowest BCUT2D eigenvalue weighted by atomic mass is 10.0. The van der Waals surface area contributed by atoms with Crippen LogP contribution in [0.15, 0.2) is 66.7 Å². The van der Waals surface area contributed by atoms with Gasteiger partial charge in [-0.05, 0) is 52.9 Å². The number of benzene rings is 3. The molecule has 0 saturated carbocycles. The highest BCUT2D eigenvalue weighted by atomic mass is 16.1. The lowest BCUT2D eigenvalue weighted by Gasteiger charge is -2.08. The van der Waals surface area contributed by atoms with Gasteiger partial charge in [-0.25, -0.2) is 0 Å². The second kappa shape index (κ2) is 8.48. The van der Waals surface area contributed by atoms with E-state index in [0.29, 0.717) is 6.54 Å². The van der Waals surface area contributed by atoms with Crippen LogP contribution in [-0.2, 0) is 13.0 Å². The van der Waals surface area contributed by atoms with Crippen molar-refractivity contribution in [2.24, 2.45) is 0 Å². The van der Waals surface area contributed by atoms with Crippen LogP contribution in [0.5, 0.6) is 0 Å². The number of carbonyl (C=O) groups excluding carboxylic acids is 1. The molecule has 128 valence electrons. The van der Waals surface area contributed by atoms with E-state index >= 15 is 0 Å². The molecule has 3 aromatic rings. The summed E-state index contributed by atoms with van der Waals surface area (Å²) in [6, 6.07) is 22.6. The van der Waals surface area contributed by atoms with E-state index in [2.05, 4.69) is 54.7 Å². The van der Waals surface area contributed by atoms with E-state index in [-0.39, 0.29) is 5.91 Å². The molecule has 2 heteroatoms. The third-order valence-corrected chi connectivity index (χ3v) is 4.55. The Morgan fingerprint density at radius 3 is 2.32 bits per heavy atom. The summed E-state index contributed by atoms with van der Waals surface area (Å²) in [5.41, 5.74) is 3.14. The van der Waals surface area contributed by atoms with Gasteiger partial charge in [0, 0.05) is 12.1 Å². The maximum Gasteiger partial charge on any atom is 0.251 e. The molecule has 0 aromatic heterocycles. The van der Waals surface area contributed by atoms with Crippen LogP contribution in [0.2, 0.25) is 0 Å². The molecule has 0 atom stereocenters. The molecule has 0 bridgehead atoms. The zero-order valence-corrected chi connectivity index (χ0v) is 14.8. The third kappa shape index (κ3) is 4.69. The summed E-state index contributed by atoms with van der Waals surface area (Å²) in [7, 11) is 0. The molecule has 0 aliphatic heterocycles. The topological polar surface area (TPSA) is 29.1 Å². The summed E-state index contributed by atoms with van der Waals surface area (Å²) < 4.78 is 0. The summed E-state index contributed by atoms with van der Waals surface area (Å²) in [5.74, 6) is -0.0201. The van der Waals surface area contributed by atoms with Crippen LogP contribution < -0.4 is 5.32 Å². The standard InChI is InChI=1S/C23H25NO/c1-2-3-4-7-18-10-14-21(15-11-18)23(25)24-17-19-12-13-20-8-5-6-9-22(20)16-19/h5-6,8-16H,2-4,7,17H2,1H3,(H,24,25). The van der Waals surface area contributed by atoms with Gasteiger partial charge in [0.2, 0.25) is 0 Å². The van der Waals surface area contributed by atoms with E-state index in [9.17, 15) is 4.79 Å². The Balaban J connectivity index is 1.57. The van der Waals surface area contributed by atoms with Crippen molar-refractivity contribution in [2.45, 2.75) is 39.2 Å². The molecule has 3 rings (SSSR count). The maximum absolute atomic E-state index is 12.3. The normalized spacial score (nSPS) is 10.8. The molecule has 0 fully saturated rings. The molecule has 1 N–H and O–H groups in total. The zero-order chi connectivity index (χ0) is 17.5. The van der Waals surface area contributed by atoms with Crippen LogP contribution in [0.3, 0.4) is 0 Å². The lowest BCUT2D eigenvalue weighted by Crippen LogP contribution is -2.22. The number of nitrogens with one attached hydrogen (secondary N) is 1. The fraction of sp³-hybridized carbons (Fsp3) is 0.261. The quantitative estimate of drug-likeness (QED) is 0.569. The summed E-state index contributed by atoms with van der Waals surface area (Å²) >= 11 is 0. The number of hydrogen-bond donors (Lipinski definition) is 1. The van der Waals surface area contributed by atoms with Gasteiger partial charge >= 0.3 is 0 Å². The van der Waals surface area contributed by atoms with Crippen LogP contribution in [-0.4, -0.2) is 5.91 Å². The first-order valence-electron chi connectivity index (χ1n) is 9.11. The monoisotopic (exact) mass is 331 g/mol. The summed E-state index contributed by atoms with van der Waals surface area (Å²) in [6.45, 7) is 2.75. The highest BCUT2D eigenvalue weighted by Crippen LogP contribution is 2.15. The van der Waals surface area contributed by atoms with Crippen LogP contribution in [0.4, 0.5) is 0 Å². The van der Waals surface area contributed by atoms with Gasteiger partial charge in [-0.3, -0.25) is 4.79 Å². The van der Waals surface area contributed by atoms with Crippen molar-refractivity contribution in [1.29, 1.82) is 0 Å². The number of amides is 1. The third-order valence-electron chi connectivity index (χ3n) is 4.55. The molecule has 0 heterocycles. The van der Waals surface area contributed by atoms with Gasteiger partial charge in [-0.1, -0.05) is 68.3 Å².